The number of hydrogen-bond acceptors (Lipinski definition) is 5. The van der Waals surface area contributed by atoms with Crippen LogP contribution in [0.4, 0.5) is 0 Å². The molecule has 0 radical (unpaired) electrons. The molecule has 2 N–H and O–H groups in total. The average Bonchev–Trinajstić information content (AvgIpc) is 2.66. The van der Waals surface area contributed by atoms with Gasteiger partial charge in [-0.3, -0.25) is 4.79 Å². The van der Waals surface area contributed by atoms with Crippen molar-refractivity contribution in [2.24, 2.45) is 5.16 Å². The maximum absolute atomic E-state index is 10.7. The molecule has 26 heavy (non-hydrogen) atoms. The van der Waals surface area contributed by atoms with Crippen molar-refractivity contribution in [3.8, 4) is 11.5 Å². The first-order valence-corrected chi connectivity index (χ1v) is 8.62. The second-order valence-electron chi connectivity index (χ2n) is 4.45. The Bertz CT molecular complexity index is 667. The highest BCUT2D eigenvalue weighted by atomic mass is 16.6. The van der Waals surface area contributed by atoms with E-state index in [0.29, 0.717) is 16.8 Å². The number of carbonyl (C=O) groups is 1. The minimum atomic E-state index is -0.113. The number of phenols is 2. The number of nitrogens with zero attached hydrogens (tertiary/aromatic N) is 1. The van der Waals surface area contributed by atoms with Gasteiger partial charge in [0.2, 0.25) is 0 Å². The fourth-order valence-corrected chi connectivity index (χ4v) is 1.74. The lowest BCUT2D eigenvalue weighted by molar-refractivity contribution is 0.101. The summed E-state index contributed by atoms with van der Waals surface area (Å²) in [5, 5.41) is 22.1. The molecule has 0 saturated heterocycles. The van der Waals surface area contributed by atoms with Gasteiger partial charge in [0.25, 0.3) is 0 Å². The van der Waals surface area contributed by atoms with Gasteiger partial charge in [0.15, 0.2) is 5.78 Å². The molecule has 0 fully saturated rings. The highest BCUT2D eigenvalue weighted by Crippen LogP contribution is 2.16. The van der Waals surface area contributed by atoms with Crippen molar-refractivity contribution in [2.75, 3.05) is 7.11 Å². The maximum Gasteiger partial charge on any atom is 0.163 e. The first-order chi connectivity index (χ1) is 12.5. The zero-order valence-corrected chi connectivity index (χ0v) is 16.8. The van der Waals surface area contributed by atoms with Crippen LogP contribution in [-0.4, -0.2) is 28.8 Å². The molecule has 0 bridgehead atoms. The summed E-state index contributed by atoms with van der Waals surface area (Å²) in [5.41, 5.74) is 1.73. The second-order valence-corrected chi connectivity index (χ2v) is 4.45. The molecule has 0 aliphatic rings. The largest absolute Gasteiger partial charge is 0.507 e. The molecule has 0 heterocycles. The number of ketones is 1. The van der Waals surface area contributed by atoms with Gasteiger partial charge in [0.05, 0.1) is 11.3 Å². The van der Waals surface area contributed by atoms with Crippen LogP contribution >= 0.6 is 0 Å². The molecule has 0 atom stereocenters. The molecule has 144 valence electrons. The molecule has 5 nitrogen and oxygen atoms in total. The Kier molecular flexibility index (Phi) is 15.3. The van der Waals surface area contributed by atoms with Crippen molar-refractivity contribution in [1.29, 1.82) is 0 Å². The lowest BCUT2D eigenvalue weighted by atomic mass is 10.1. The monoisotopic (exact) mass is 361 g/mol. The molecule has 0 unspecified atom stereocenters. The van der Waals surface area contributed by atoms with E-state index in [0.717, 1.165) is 0 Å². The van der Waals surface area contributed by atoms with E-state index < -0.39 is 0 Å². The van der Waals surface area contributed by atoms with Crippen LogP contribution in [0, 0.1) is 0 Å². The number of hydrogen-bond donors (Lipinski definition) is 2. The van der Waals surface area contributed by atoms with Crippen LogP contribution in [0.3, 0.4) is 0 Å². The Labute approximate surface area is 157 Å². The summed E-state index contributed by atoms with van der Waals surface area (Å²) >= 11 is 0. The second kappa shape index (κ2) is 15.7. The fourth-order valence-electron chi connectivity index (χ4n) is 1.74. The molecular weight excluding hydrogens is 330 g/mol. The van der Waals surface area contributed by atoms with Crippen LogP contribution in [0.15, 0.2) is 53.7 Å². The van der Waals surface area contributed by atoms with Gasteiger partial charge in [0, 0.05) is 5.56 Å². The number of aromatic hydroxyl groups is 2. The van der Waals surface area contributed by atoms with Gasteiger partial charge < -0.3 is 15.1 Å². The summed E-state index contributed by atoms with van der Waals surface area (Å²) in [7, 11) is 1.48. The number of carbonyl (C=O) groups excluding carboxylic acids is 1. The molecule has 0 spiro atoms. The minimum Gasteiger partial charge on any atom is -0.507 e. The molecule has 2 rings (SSSR count). The van der Waals surface area contributed by atoms with Crippen molar-refractivity contribution >= 4 is 11.5 Å². The summed E-state index contributed by atoms with van der Waals surface area (Å²) in [5.74, 6) is 0.156. The highest BCUT2D eigenvalue weighted by molar-refractivity contribution is 6.00. The smallest absolute Gasteiger partial charge is 0.163 e. The van der Waals surface area contributed by atoms with Crippen LogP contribution in [0.5, 0.6) is 11.5 Å². The molecule has 0 saturated carbocycles. The standard InChI is InChI=1S/C9H11NO2.C8H8O2.2C2H6/c1-7(10-12-2)8-5-3-4-6-9(8)11;1-6(9)7-4-2-3-5-8(7)10;2*1-2/h3-6,11H,1-2H3;2-5,10H,1H3;2*1-2H3/b10-7+;;;. The van der Waals surface area contributed by atoms with Crippen molar-refractivity contribution in [3.05, 3.63) is 59.7 Å². The number of rotatable bonds is 3. The van der Waals surface area contributed by atoms with Gasteiger partial charge in [-0.25, -0.2) is 0 Å². The van der Waals surface area contributed by atoms with E-state index in [2.05, 4.69) is 9.99 Å². The number of phenolic OH excluding ortho intramolecular Hbond substituents is 2. The van der Waals surface area contributed by atoms with Crippen molar-refractivity contribution in [2.45, 2.75) is 41.5 Å². The SMILES string of the molecule is CC.CC.CC(=O)c1ccccc1O.CO/N=C(\C)c1ccccc1O. The number of oxime groups is 1. The van der Waals surface area contributed by atoms with E-state index in [1.807, 2.05) is 33.8 Å². The lowest BCUT2D eigenvalue weighted by Gasteiger charge is -2.01. The van der Waals surface area contributed by atoms with Gasteiger partial charge in [-0.1, -0.05) is 57.1 Å². The molecule has 0 aliphatic carbocycles. The molecule has 0 aromatic heterocycles. The normalized spacial score (nSPS) is 9.27. The predicted molar refractivity (Wildman–Crippen MR) is 108 cm³/mol. The lowest BCUT2D eigenvalue weighted by Crippen LogP contribution is -1.95. The fraction of sp³-hybridized carbons (Fsp3) is 0.333. The average molecular weight is 361 g/mol. The van der Waals surface area contributed by atoms with Gasteiger partial charge in [-0.2, -0.15) is 0 Å². The third-order valence-corrected chi connectivity index (χ3v) is 2.81. The third kappa shape index (κ3) is 9.47. The van der Waals surface area contributed by atoms with Gasteiger partial charge in [0.1, 0.15) is 18.6 Å². The Hall–Kier alpha value is -2.82. The molecule has 5 heteroatoms. The van der Waals surface area contributed by atoms with Crippen molar-refractivity contribution in [1.82, 2.24) is 0 Å². The van der Waals surface area contributed by atoms with E-state index in [1.54, 1.807) is 43.3 Å². The van der Waals surface area contributed by atoms with Gasteiger partial charge in [-0.15, -0.1) is 0 Å². The summed E-state index contributed by atoms with van der Waals surface area (Å²) in [6, 6.07) is 13.5. The number of para-hydroxylation sites is 2. The van der Waals surface area contributed by atoms with Crippen LogP contribution in [0.25, 0.3) is 0 Å². The summed E-state index contributed by atoms with van der Waals surface area (Å²) < 4.78 is 0. The summed E-state index contributed by atoms with van der Waals surface area (Å²) in [4.78, 5) is 15.3. The Morgan fingerprint density at radius 2 is 1.19 bits per heavy atom. The molecule has 2 aromatic carbocycles. The minimum absolute atomic E-state index is 0.0509. The quantitative estimate of drug-likeness (QED) is 0.435. The first-order valence-electron chi connectivity index (χ1n) is 8.62. The van der Waals surface area contributed by atoms with E-state index >= 15 is 0 Å². The number of Topliss-reactive ketones (excluding diaryl/α,β-unsaturated/α-hetero) is 1. The van der Waals surface area contributed by atoms with Crippen LogP contribution in [-0.2, 0) is 4.84 Å². The van der Waals surface area contributed by atoms with E-state index in [-0.39, 0.29) is 17.3 Å². The Balaban J connectivity index is 0. The van der Waals surface area contributed by atoms with E-state index in [1.165, 1.54) is 20.1 Å². The zero-order valence-electron chi connectivity index (χ0n) is 16.8. The van der Waals surface area contributed by atoms with Crippen molar-refractivity contribution in [3.63, 3.8) is 0 Å². The Morgan fingerprint density at radius 3 is 1.50 bits per heavy atom. The van der Waals surface area contributed by atoms with Gasteiger partial charge >= 0.3 is 0 Å². The molecule has 0 aliphatic heterocycles. The number of benzene rings is 2. The molecule has 2 aromatic rings. The van der Waals surface area contributed by atoms with Gasteiger partial charge in [-0.05, 0) is 38.1 Å². The summed E-state index contributed by atoms with van der Waals surface area (Å²) in [6.45, 7) is 11.2. The Morgan fingerprint density at radius 1 is 0.808 bits per heavy atom. The maximum atomic E-state index is 10.7. The molecule has 0 amide bonds. The summed E-state index contributed by atoms with van der Waals surface area (Å²) in [6.07, 6.45) is 0. The topological polar surface area (TPSA) is 79.1 Å². The predicted octanol–water partition coefficient (Wildman–Crippen LogP) is 5.41. The van der Waals surface area contributed by atoms with E-state index in [9.17, 15) is 9.90 Å². The molecular formula is C21H31NO4. The zero-order chi connectivity index (χ0) is 20.5. The van der Waals surface area contributed by atoms with Crippen LogP contribution in [0.1, 0.15) is 57.5 Å². The highest BCUT2D eigenvalue weighted by Gasteiger charge is 2.03. The first kappa shape index (κ1) is 25.4. The van der Waals surface area contributed by atoms with Crippen molar-refractivity contribution < 1.29 is 19.8 Å². The third-order valence-electron chi connectivity index (χ3n) is 2.81. The van der Waals surface area contributed by atoms with E-state index in [4.69, 9.17) is 5.11 Å². The van der Waals surface area contributed by atoms with Crippen LogP contribution < -0.4 is 0 Å². The van der Waals surface area contributed by atoms with Crippen LogP contribution in [0.2, 0.25) is 0 Å².